The van der Waals surface area contributed by atoms with Crippen LogP contribution in [0, 0.1) is 13.8 Å². The summed E-state index contributed by atoms with van der Waals surface area (Å²) in [6.07, 6.45) is 2.51. The molecule has 3 rings (SSSR count). The zero-order valence-corrected chi connectivity index (χ0v) is 17.6. The van der Waals surface area contributed by atoms with Crippen molar-refractivity contribution in [2.75, 3.05) is 13.1 Å². The van der Waals surface area contributed by atoms with E-state index in [1.54, 1.807) is 19.1 Å². The molecular formula is C22H28N2O3S. The van der Waals surface area contributed by atoms with Crippen molar-refractivity contribution in [3.63, 3.8) is 0 Å². The lowest BCUT2D eigenvalue weighted by Gasteiger charge is -2.20. The molecule has 6 heteroatoms. The van der Waals surface area contributed by atoms with E-state index in [0.29, 0.717) is 24.2 Å². The molecule has 0 saturated carbocycles. The first-order chi connectivity index (χ1) is 13.3. The molecule has 2 aromatic rings. The number of hydrogen-bond acceptors (Lipinski definition) is 3. The standard InChI is InChI=1S/C22H28N2O3S/c1-4-20(18-10-7-16(2)8-11-18)23-22(25)19-12-9-17(3)21(15-19)28(26,27)24-13-5-6-14-24/h7-12,15,20H,4-6,13-14H2,1-3H3,(H,23,25)/t20-/m0/s1. The van der Waals surface area contributed by atoms with Gasteiger partial charge in [-0.15, -0.1) is 0 Å². The molecular weight excluding hydrogens is 372 g/mol. The first-order valence-corrected chi connectivity index (χ1v) is 11.2. The van der Waals surface area contributed by atoms with Gasteiger partial charge < -0.3 is 5.32 Å². The van der Waals surface area contributed by atoms with E-state index in [-0.39, 0.29) is 16.8 Å². The van der Waals surface area contributed by atoms with Crippen LogP contribution in [0.2, 0.25) is 0 Å². The number of nitrogens with zero attached hydrogens (tertiary/aromatic N) is 1. The highest BCUT2D eigenvalue weighted by Gasteiger charge is 2.29. The molecule has 150 valence electrons. The summed E-state index contributed by atoms with van der Waals surface area (Å²) in [5.74, 6) is -0.259. The van der Waals surface area contributed by atoms with E-state index in [1.807, 2.05) is 38.1 Å². The molecule has 28 heavy (non-hydrogen) atoms. The van der Waals surface area contributed by atoms with E-state index in [4.69, 9.17) is 0 Å². The first-order valence-electron chi connectivity index (χ1n) is 9.81. The van der Waals surface area contributed by atoms with E-state index < -0.39 is 10.0 Å². The van der Waals surface area contributed by atoms with Crippen LogP contribution >= 0.6 is 0 Å². The lowest BCUT2D eigenvalue weighted by molar-refractivity contribution is 0.0935. The van der Waals surface area contributed by atoms with Crippen LogP contribution < -0.4 is 5.32 Å². The van der Waals surface area contributed by atoms with Gasteiger partial charge in [0.2, 0.25) is 10.0 Å². The van der Waals surface area contributed by atoms with Gasteiger partial charge in [-0.2, -0.15) is 4.31 Å². The molecule has 0 bridgehead atoms. The molecule has 1 aliphatic heterocycles. The smallest absolute Gasteiger partial charge is 0.251 e. The maximum Gasteiger partial charge on any atom is 0.251 e. The molecule has 5 nitrogen and oxygen atoms in total. The summed E-state index contributed by atoms with van der Waals surface area (Å²) in [6.45, 7) is 6.90. The normalized spacial score (nSPS) is 16.1. The predicted octanol–water partition coefficient (Wildman–Crippen LogP) is 3.97. The average Bonchev–Trinajstić information content (AvgIpc) is 3.22. The maximum atomic E-state index is 13.0. The van der Waals surface area contributed by atoms with Crippen molar-refractivity contribution in [2.45, 2.75) is 51.0 Å². The highest BCUT2D eigenvalue weighted by atomic mass is 32.2. The summed E-state index contributed by atoms with van der Waals surface area (Å²) in [7, 11) is -3.56. The minimum absolute atomic E-state index is 0.118. The van der Waals surface area contributed by atoms with E-state index in [9.17, 15) is 13.2 Å². The number of amides is 1. The molecule has 1 amide bonds. The number of benzene rings is 2. The summed E-state index contributed by atoms with van der Waals surface area (Å²) in [5, 5.41) is 3.04. The summed E-state index contributed by atoms with van der Waals surface area (Å²) in [4.78, 5) is 13.1. The molecule has 1 atom stereocenters. The van der Waals surface area contributed by atoms with Crippen molar-refractivity contribution in [1.82, 2.24) is 9.62 Å². The minimum atomic E-state index is -3.56. The topological polar surface area (TPSA) is 66.5 Å². The van der Waals surface area contributed by atoms with Gasteiger partial charge in [0.15, 0.2) is 0 Å². The van der Waals surface area contributed by atoms with Crippen molar-refractivity contribution in [3.05, 3.63) is 64.7 Å². The molecule has 0 unspecified atom stereocenters. The largest absolute Gasteiger partial charge is 0.345 e. The van der Waals surface area contributed by atoms with Gasteiger partial charge in [-0.3, -0.25) is 4.79 Å². The molecule has 1 heterocycles. The van der Waals surface area contributed by atoms with Gasteiger partial charge in [0.25, 0.3) is 5.91 Å². The second-order valence-corrected chi connectivity index (χ2v) is 9.34. The van der Waals surface area contributed by atoms with Gasteiger partial charge in [0.1, 0.15) is 0 Å². The molecule has 1 fully saturated rings. The summed E-state index contributed by atoms with van der Waals surface area (Å²) >= 11 is 0. The van der Waals surface area contributed by atoms with Gasteiger partial charge in [-0.25, -0.2) is 8.42 Å². The van der Waals surface area contributed by atoms with E-state index >= 15 is 0 Å². The zero-order valence-electron chi connectivity index (χ0n) is 16.7. The molecule has 1 saturated heterocycles. The Hall–Kier alpha value is -2.18. The van der Waals surface area contributed by atoms with E-state index in [2.05, 4.69) is 5.32 Å². The quantitative estimate of drug-likeness (QED) is 0.798. The van der Waals surface area contributed by atoms with Crippen LogP contribution in [0.3, 0.4) is 0 Å². The van der Waals surface area contributed by atoms with Crippen LogP contribution in [-0.4, -0.2) is 31.7 Å². The number of carbonyl (C=O) groups excluding carboxylic acids is 1. The van der Waals surface area contributed by atoms with Crippen LogP contribution in [0.1, 0.15) is 59.3 Å². The van der Waals surface area contributed by atoms with E-state index in [1.165, 1.54) is 15.9 Å². The monoisotopic (exact) mass is 400 g/mol. The Morgan fingerprint density at radius 2 is 1.71 bits per heavy atom. The molecule has 0 radical (unpaired) electrons. The fraction of sp³-hybridized carbons (Fsp3) is 0.409. The predicted molar refractivity (Wildman–Crippen MR) is 111 cm³/mol. The Morgan fingerprint density at radius 3 is 2.32 bits per heavy atom. The Morgan fingerprint density at radius 1 is 1.07 bits per heavy atom. The van der Waals surface area contributed by atoms with E-state index in [0.717, 1.165) is 24.8 Å². The third-order valence-electron chi connectivity index (χ3n) is 5.33. The SMILES string of the molecule is CC[C@H](NC(=O)c1ccc(C)c(S(=O)(=O)N2CCCC2)c1)c1ccc(C)cc1. The Kier molecular flexibility index (Phi) is 6.20. The second-order valence-electron chi connectivity index (χ2n) is 7.44. The van der Waals surface area contributed by atoms with Crippen molar-refractivity contribution in [3.8, 4) is 0 Å². The van der Waals surface area contributed by atoms with Gasteiger partial charge in [0.05, 0.1) is 10.9 Å². The summed E-state index contributed by atoms with van der Waals surface area (Å²) in [5.41, 5.74) is 3.24. The number of rotatable bonds is 6. The lowest BCUT2D eigenvalue weighted by Crippen LogP contribution is -2.30. The van der Waals surface area contributed by atoms with Gasteiger partial charge in [-0.05, 0) is 56.4 Å². The molecule has 2 aromatic carbocycles. The third-order valence-corrected chi connectivity index (χ3v) is 7.37. The molecule has 0 aromatic heterocycles. The fourth-order valence-corrected chi connectivity index (χ4v) is 5.32. The number of aryl methyl sites for hydroxylation is 2. The minimum Gasteiger partial charge on any atom is -0.345 e. The van der Waals surface area contributed by atoms with Gasteiger partial charge in [0, 0.05) is 18.7 Å². The Bertz CT molecular complexity index is 946. The highest BCUT2D eigenvalue weighted by molar-refractivity contribution is 7.89. The maximum absolute atomic E-state index is 13.0. The third kappa shape index (κ3) is 4.28. The van der Waals surface area contributed by atoms with Crippen LogP contribution in [0.5, 0.6) is 0 Å². The Balaban J connectivity index is 1.85. The van der Waals surface area contributed by atoms with Crippen molar-refractivity contribution < 1.29 is 13.2 Å². The number of nitrogens with one attached hydrogen (secondary N) is 1. The Labute approximate surface area is 167 Å². The number of sulfonamides is 1. The molecule has 1 aliphatic rings. The zero-order chi connectivity index (χ0) is 20.3. The molecule has 0 spiro atoms. The first kappa shape index (κ1) is 20.6. The highest BCUT2D eigenvalue weighted by Crippen LogP contribution is 2.25. The van der Waals surface area contributed by atoms with Crippen LogP contribution in [0.25, 0.3) is 0 Å². The van der Waals surface area contributed by atoms with Crippen molar-refractivity contribution in [1.29, 1.82) is 0 Å². The summed E-state index contributed by atoms with van der Waals surface area (Å²) in [6, 6.07) is 12.9. The number of carbonyl (C=O) groups is 1. The van der Waals surface area contributed by atoms with Gasteiger partial charge in [-0.1, -0.05) is 42.8 Å². The lowest BCUT2D eigenvalue weighted by atomic mass is 10.0. The van der Waals surface area contributed by atoms with Gasteiger partial charge >= 0.3 is 0 Å². The fourth-order valence-electron chi connectivity index (χ4n) is 3.55. The molecule has 1 N–H and O–H groups in total. The number of hydrogen-bond donors (Lipinski definition) is 1. The second kappa shape index (κ2) is 8.45. The van der Waals surface area contributed by atoms with Crippen molar-refractivity contribution in [2.24, 2.45) is 0 Å². The average molecular weight is 401 g/mol. The van der Waals surface area contributed by atoms with Crippen LogP contribution in [0.4, 0.5) is 0 Å². The molecule has 0 aliphatic carbocycles. The van der Waals surface area contributed by atoms with Crippen molar-refractivity contribution >= 4 is 15.9 Å². The van der Waals surface area contributed by atoms with Crippen LogP contribution in [-0.2, 0) is 10.0 Å². The summed E-state index contributed by atoms with van der Waals surface area (Å²) < 4.78 is 27.4. The van der Waals surface area contributed by atoms with Crippen LogP contribution in [0.15, 0.2) is 47.4 Å².